The Kier molecular flexibility index (Phi) is 10.5. The highest BCUT2D eigenvalue weighted by molar-refractivity contribution is 5.40. The van der Waals surface area contributed by atoms with E-state index in [1.165, 1.54) is 68.9 Å². The second-order valence-electron chi connectivity index (χ2n) is 9.17. The van der Waals surface area contributed by atoms with Gasteiger partial charge in [-0.25, -0.2) is 0 Å². The molecule has 170 valence electrons. The number of allylic oxidation sites excluding steroid dienone is 2. The molecule has 0 unspecified atom stereocenters. The van der Waals surface area contributed by atoms with Gasteiger partial charge in [0.2, 0.25) is 0 Å². The van der Waals surface area contributed by atoms with Crippen LogP contribution < -0.4 is 4.74 Å². The van der Waals surface area contributed by atoms with Crippen molar-refractivity contribution in [3.63, 3.8) is 0 Å². The van der Waals surface area contributed by atoms with E-state index in [-0.39, 0.29) is 0 Å². The zero-order chi connectivity index (χ0) is 22.4. The molecule has 1 fully saturated rings. The van der Waals surface area contributed by atoms with Gasteiger partial charge in [-0.3, -0.25) is 0 Å². The summed E-state index contributed by atoms with van der Waals surface area (Å²) in [4.78, 5) is 0. The topological polar surface area (TPSA) is 9.23 Å². The van der Waals surface area contributed by atoms with Crippen molar-refractivity contribution in [1.82, 2.24) is 0 Å². The number of benzene rings is 2. The van der Waals surface area contributed by atoms with Gasteiger partial charge in [-0.2, -0.15) is 0 Å². The van der Waals surface area contributed by atoms with E-state index in [0.29, 0.717) is 5.92 Å². The molecule has 0 bridgehead atoms. The van der Waals surface area contributed by atoms with Gasteiger partial charge in [-0.15, -0.1) is 0 Å². The zero-order valence-corrected chi connectivity index (χ0v) is 20.1. The molecular weight excluding hydrogens is 388 g/mol. The Labute approximate surface area is 196 Å². The lowest BCUT2D eigenvalue weighted by Crippen LogP contribution is -2.11. The molecule has 0 spiro atoms. The molecule has 1 aliphatic carbocycles. The molecule has 3 rings (SSSR count). The summed E-state index contributed by atoms with van der Waals surface area (Å²) in [5, 5.41) is 0. The molecule has 1 heteroatoms. The Morgan fingerprint density at radius 1 is 0.844 bits per heavy atom. The van der Waals surface area contributed by atoms with E-state index >= 15 is 0 Å². The predicted molar refractivity (Wildman–Crippen MR) is 137 cm³/mol. The van der Waals surface area contributed by atoms with Crippen LogP contribution >= 0.6 is 0 Å². The number of rotatable bonds is 10. The van der Waals surface area contributed by atoms with E-state index in [2.05, 4.69) is 74.2 Å². The van der Waals surface area contributed by atoms with Crippen LogP contribution in [0.25, 0.3) is 0 Å². The number of unbranched alkanes of at least 4 members (excludes halogenated alkanes) is 3. The summed E-state index contributed by atoms with van der Waals surface area (Å²) in [6, 6.07) is 17.6. The van der Waals surface area contributed by atoms with Gasteiger partial charge in [-0.05, 0) is 98.2 Å². The van der Waals surface area contributed by atoms with Gasteiger partial charge in [0, 0.05) is 5.56 Å². The van der Waals surface area contributed by atoms with Crippen molar-refractivity contribution in [3.05, 3.63) is 77.4 Å². The van der Waals surface area contributed by atoms with Gasteiger partial charge in [0.15, 0.2) is 0 Å². The summed E-state index contributed by atoms with van der Waals surface area (Å²) >= 11 is 0. The molecule has 0 amide bonds. The fourth-order valence-corrected chi connectivity index (χ4v) is 4.47. The molecule has 0 N–H and O–H groups in total. The number of hydrogen-bond acceptors (Lipinski definition) is 1. The lowest BCUT2D eigenvalue weighted by Gasteiger charge is -2.27. The molecule has 1 aliphatic rings. The fraction of sp³-hybridized carbons (Fsp3) is 0.484. The van der Waals surface area contributed by atoms with Crippen molar-refractivity contribution in [2.24, 2.45) is 5.92 Å². The Morgan fingerprint density at radius 3 is 2.25 bits per heavy atom. The second-order valence-corrected chi connectivity index (χ2v) is 9.17. The summed E-state index contributed by atoms with van der Waals surface area (Å²) in [5.41, 5.74) is 4.06. The van der Waals surface area contributed by atoms with Crippen LogP contribution in [0.3, 0.4) is 0 Å². The van der Waals surface area contributed by atoms with E-state index in [9.17, 15) is 0 Å². The molecular formula is C31H40O. The molecule has 1 nitrogen and oxygen atoms in total. The molecule has 2 aromatic carbocycles. The molecule has 0 aliphatic heterocycles. The summed E-state index contributed by atoms with van der Waals surface area (Å²) in [6.45, 7) is 5.27. The largest absolute Gasteiger partial charge is 0.494 e. The van der Waals surface area contributed by atoms with Crippen LogP contribution in [0.2, 0.25) is 0 Å². The fourth-order valence-electron chi connectivity index (χ4n) is 4.47. The lowest BCUT2D eigenvalue weighted by molar-refractivity contribution is 0.306. The summed E-state index contributed by atoms with van der Waals surface area (Å²) < 4.78 is 5.77. The highest BCUT2D eigenvalue weighted by Crippen LogP contribution is 2.36. The summed E-state index contributed by atoms with van der Waals surface area (Å²) in [7, 11) is 0. The van der Waals surface area contributed by atoms with Crippen molar-refractivity contribution < 1.29 is 4.74 Å². The Bertz CT molecular complexity index is 855. The molecule has 0 aromatic heterocycles. The van der Waals surface area contributed by atoms with Gasteiger partial charge in [0.1, 0.15) is 5.75 Å². The van der Waals surface area contributed by atoms with Gasteiger partial charge < -0.3 is 4.74 Å². The first-order chi connectivity index (χ1) is 15.8. The third kappa shape index (κ3) is 8.23. The van der Waals surface area contributed by atoms with Crippen LogP contribution in [0, 0.1) is 17.8 Å². The van der Waals surface area contributed by atoms with Crippen molar-refractivity contribution >= 4 is 0 Å². The van der Waals surface area contributed by atoms with Crippen molar-refractivity contribution in [2.45, 2.75) is 84.0 Å². The quantitative estimate of drug-likeness (QED) is 0.272. The average molecular weight is 429 g/mol. The lowest BCUT2D eigenvalue weighted by atomic mass is 9.78. The minimum absolute atomic E-state index is 0.670. The van der Waals surface area contributed by atoms with Crippen LogP contribution in [0.1, 0.15) is 94.2 Å². The zero-order valence-electron chi connectivity index (χ0n) is 20.1. The highest BCUT2D eigenvalue weighted by Gasteiger charge is 2.20. The molecule has 0 heterocycles. The Morgan fingerprint density at radius 2 is 1.56 bits per heavy atom. The smallest absolute Gasteiger partial charge is 0.119 e. The molecule has 0 atom stereocenters. The van der Waals surface area contributed by atoms with Crippen LogP contribution in [0.15, 0.2) is 60.7 Å². The van der Waals surface area contributed by atoms with Gasteiger partial charge in [-0.1, -0.05) is 75.3 Å². The van der Waals surface area contributed by atoms with Crippen LogP contribution in [-0.4, -0.2) is 6.61 Å². The summed E-state index contributed by atoms with van der Waals surface area (Å²) in [5.74, 6) is 8.81. The highest BCUT2D eigenvalue weighted by atomic mass is 16.5. The van der Waals surface area contributed by atoms with E-state index in [0.717, 1.165) is 30.3 Å². The Hall–Kier alpha value is -2.46. The minimum Gasteiger partial charge on any atom is -0.494 e. The normalized spacial score (nSPS) is 18.3. The van der Waals surface area contributed by atoms with E-state index < -0.39 is 0 Å². The second kappa shape index (κ2) is 13.8. The van der Waals surface area contributed by atoms with E-state index in [1.54, 1.807) is 0 Å². The van der Waals surface area contributed by atoms with Crippen molar-refractivity contribution in [2.75, 3.05) is 6.61 Å². The van der Waals surface area contributed by atoms with Crippen LogP contribution in [0.5, 0.6) is 5.75 Å². The maximum Gasteiger partial charge on any atom is 0.119 e. The van der Waals surface area contributed by atoms with Crippen LogP contribution in [0.4, 0.5) is 0 Å². The molecule has 32 heavy (non-hydrogen) atoms. The summed E-state index contributed by atoms with van der Waals surface area (Å²) in [6.07, 6.45) is 16.8. The maximum absolute atomic E-state index is 5.77. The molecule has 1 saturated carbocycles. The van der Waals surface area contributed by atoms with Crippen LogP contribution in [-0.2, 0) is 6.42 Å². The molecule has 2 aromatic rings. The first-order valence-corrected chi connectivity index (χ1v) is 12.8. The van der Waals surface area contributed by atoms with E-state index in [4.69, 9.17) is 4.74 Å². The van der Waals surface area contributed by atoms with Crippen molar-refractivity contribution in [1.29, 1.82) is 0 Å². The predicted octanol–water partition coefficient (Wildman–Crippen LogP) is 8.48. The van der Waals surface area contributed by atoms with Gasteiger partial charge in [0.25, 0.3) is 0 Å². The van der Waals surface area contributed by atoms with Gasteiger partial charge >= 0.3 is 0 Å². The minimum atomic E-state index is 0.670. The Balaban J connectivity index is 1.40. The average Bonchev–Trinajstić information content (AvgIpc) is 2.85. The number of ether oxygens (including phenoxy) is 1. The third-order valence-electron chi connectivity index (χ3n) is 6.58. The maximum atomic E-state index is 5.77. The van der Waals surface area contributed by atoms with E-state index in [1.807, 2.05) is 12.1 Å². The molecule has 0 radical (unpaired) electrons. The third-order valence-corrected chi connectivity index (χ3v) is 6.58. The first kappa shape index (κ1) is 24.2. The first-order valence-electron chi connectivity index (χ1n) is 12.8. The monoisotopic (exact) mass is 428 g/mol. The number of hydrogen-bond donors (Lipinski definition) is 0. The molecule has 0 saturated heterocycles. The van der Waals surface area contributed by atoms with Crippen molar-refractivity contribution in [3.8, 4) is 17.6 Å². The van der Waals surface area contributed by atoms with Gasteiger partial charge in [0.05, 0.1) is 6.61 Å². The standard InChI is InChI=1S/C31H40O/c1-3-5-9-25-32-31-23-17-28(18-24-31)12-8-7-11-27-15-21-30(22-16-27)29-19-13-26(14-20-29)10-6-4-2/h7,11,13-14,17-20,23-24,27,30H,3-6,9-10,15-16,21-22,25H2,1-2H3/b11-7+/t27-,30-. The SMILES string of the molecule is CCCCCOc1ccc(C#C/C=C/[C@H]2CC[C@H](c3ccc(CCCC)cc3)CC2)cc1. The number of aryl methyl sites for hydroxylation is 1.